The largest absolute Gasteiger partial charge is 0.348 e. The van der Waals surface area contributed by atoms with Gasteiger partial charge in [-0.25, -0.2) is 4.98 Å². The van der Waals surface area contributed by atoms with Gasteiger partial charge >= 0.3 is 0 Å². The monoisotopic (exact) mass is 257 g/mol. The molecule has 1 atom stereocenters. The van der Waals surface area contributed by atoms with Gasteiger partial charge in [0.1, 0.15) is 11.3 Å². The van der Waals surface area contributed by atoms with Crippen LogP contribution in [-0.4, -0.2) is 21.3 Å². The summed E-state index contributed by atoms with van der Waals surface area (Å²) in [6.45, 7) is 4.51. The van der Waals surface area contributed by atoms with Gasteiger partial charge in [-0.05, 0) is 36.8 Å². The lowest BCUT2D eigenvalue weighted by Crippen LogP contribution is -2.33. The molecule has 0 aliphatic heterocycles. The van der Waals surface area contributed by atoms with E-state index in [0.29, 0.717) is 11.1 Å². The molecule has 1 N–H and O–H groups in total. The van der Waals surface area contributed by atoms with Crippen molar-refractivity contribution in [2.24, 2.45) is 5.41 Å². The first-order valence-electron chi connectivity index (χ1n) is 6.78. The van der Waals surface area contributed by atoms with Crippen molar-refractivity contribution < 1.29 is 4.79 Å². The Morgan fingerprint density at radius 3 is 3.00 bits per heavy atom. The number of fused-ring (bicyclic) bond motifs is 1. The van der Waals surface area contributed by atoms with Crippen molar-refractivity contribution in [3.8, 4) is 0 Å². The molecule has 4 nitrogen and oxygen atoms in total. The number of pyridine rings is 1. The maximum atomic E-state index is 12.2. The fraction of sp³-hybridized carbons (Fsp3) is 0.467. The first-order chi connectivity index (χ1) is 9.03. The lowest BCUT2D eigenvalue weighted by molar-refractivity contribution is 0.0931. The van der Waals surface area contributed by atoms with E-state index in [0.717, 1.165) is 18.5 Å². The molecule has 0 saturated heterocycles. The summed E-state index contributed by atoms with van der Waals surface area (Å²) in [4.78, 5) is 16.5. The summed E-state index contributed by atoms with van der Waals surface area (Å²) in [5.74, 6) is -0.0635. The normalized spacial score (nSPS) is 21.7. The van der Waals surface area contributed by atoms with Gasteiger partial charge in [-0.1, -0.05) is 19.9 Å². The van der Waals surface area contributed by atoms with Crippen LogP contribution in [0.4, 0.5) is 0 Å². The van der Waals surface area contributed by atoms with Crippen LogP contribution in [0.3, 0.4) is 0 Å². The zero-order chi connectivity index (χ0) is 13.5. The molecular formula is C15H19N3O. The number of carbonyl (C=O) groups is 1. The van der Waals surface area contributed by atoms with Gasteiger partial charge in [0.05, 0.1) is 0 Å². The van der Waals surface area contributed by atoms with Crippen LogP contribution in [0.15, 0.2) is 30.6 Å². The lowest BCUT2D eigenvalue weighted by Gasteiger charge is -2.17. The molecule has 0 aromatic carbocycles. The number of rotatable bonds is 2. The first kappa shape index (κ1) is 12.2. The minimum Gasteiger partial charge on any atom is -0.348 e. The SMILES string of the molecule is CC1(C)CCC(NC(=O)c2cn3ccccc3n2)C1. The first-order valence-corrected chi connectivity index (χ1v) is 6.78. The molecule has 1 saturated carbocycles. The van der Waals surface area contributed by atoms with Crippen molar-refractivity contribution in [2.45, 2.75) is 39.2 Å². The fourth-order valence-corrected chi connectivity index (χ4v) is 2.86. The Hall–Kier alpha value is -1.84. The fourth-order valence-electron chi connectivity index (χ4n) is 2.86. The Morgan fingerprint density at radius 1 is 1.47 bits per heavy atom. The molecular weight excluding hydrogens is 238 g/mol. The zero-order valence-corrected chi connectivity index (χ0v) is 11.4. The minimum atomic E-state index is -0.0635. The summed E-state index contributed by atoms with van der Waals surface area (Å²) < 4.78 is 1.87. The second-order valence-corrected chi connectivity index (χ2v) is 6.17. The molecule has 0 spiro atoms. The molecule has 3 rings (SSSR count). The van der Waals surface area contributed by atoms with E-state index in [1.807, 2.05) is 28.8 Å². The number of nitrogens with zero attached hydrogens (tertiary/aromatic N) is 2. The summed E-state index contributed by atoms with van der Waals surface area (Å²) in [5, 5.41) is 3.10. The molecule has 19 heavy (non-hydrogen) atoms. The molecule has 2 aromatic heterocycles. The Labute approximate surface area is 112 Å². The molecule has 100 valence electrons. The summed E-state index contributed by atoms with van der Waals surface area (Å²) >= 11 is 0. The van der Waals surface area contributed by atoms with Crippen LogP contribution >= 0.6 is 0 Å². The Kier molecular flexibility index (Phi) is 2.81. The van der Waals surface area contributed by atoms with E-state index in [1.165, 1.54) is 6.42 Å². The summed E-state index contributed by atoms with van der Waals surface area (Å²) in [5.41, 5.74) is 1.65. The topological polar surface area (TPSA) is 46.4 Å². The molecule has 1 aliphatic carbocycles. The molecule has 0 radical (unpaired) electrons. The van der Waals surface area contributed by atoms with Crippen molar-refractivity contribution in [3.63, 3.8) is 0 Å². The number of carbonyl (C=O) groups excluding carboxylic acids is 1. The van der Waals surface area contributed by atoms with Crippen LogP contribution in [0.25, 0.3) is 5.65 Å². The third-order valence-corrected chi connectivity index (χ3v) is 3.90. The van der Waals surface area contributed by atoms with Gasteiger partial charge in [-0.2, -0.15) is 0 Å². The van der Waals surface area contributed by atoms with Crippen LogP contribution < -0.4 is 5.32 Å². The van der Waals surface area contributed by atoms with Gasteiger partial charge in [0.15, 0.2) is 0 Å². The smallest absolute Gasteiger partial charge is 0.271 e. The standard InChI is InChI=1S/C15H19N3O/c1-15(2)7-6-11(9-15)16-14(19)12-10-18-8-4-3-5-13(18)17-12/h3-5,8,10-11H,6-7,9H2,1-2H3,(H,16,19). The van der Waals surface area contributed by atoms with Crippen molar-refractivity contribution in [3.05, 3.63) is 36.3 Å². The second kappa shape index (κ2) is 4.37. The maximum absolute atomic E-state index is 12.2. The number of hydrogen-bond acceptors (Lipinski definition) is 2. The van der Waals surface area contributed by atoms with Crippen LogP contribution in [0.5, 0.6) is 0 Å². The van der Waals surface area contributed by atoms with Crippen LogP contribution in [0, 0.1) is 5.41 Å². The van der Waals surface area contributed by atoms with Crippen LogP contribution in [0.2, 0.25) is 0 Å². The maximum Gasteiger partial charge on any atom is 0.271 e. The number of hydrogen-bond donors (Lipinski definition) is 1. The zero-order valence-electron chi connectivity index (χ0n) is 11.4. The molecule has 1 aliphatic rings. The molecule has 2 aromatic rings. The molecule has 4 heteroatoms. The Morgan fingerprint density at radius 2 is 2.32 bits per heavy atom. The highest BCUT2D eigenvalue weighted by molar-refractivity contribution is 5.93. The van der Waals surface area contributed by atoms with Crippen LogP contribution in [-0.2, 0) is 0 Å². The van der Waals surface area contributed by atoms with Gasteiger partial charge in [0.2, 0.25) is 0 Å². The van der Waals surface area contributed by atoms with Gasteiger partial charge in [0, 0.05) is 18.4 Å². The molecule has 2 heterocycles. The molecule has 1 fully saturated rings. The van der Waals surface area contributed by atoms with Crippen molar-refractivity contribution in [1.82, 2.24) is 14.7 Å². The number of amides is 1. The van der Waals surface area contributed by atoms with Gasteiger partial charge < -0.3 is 9.72 Å². The molecule has 1 unspecified atom stereocenters. The number of aromatic nitrogens is 2. The highest BCUT2D eigenvalue weighted by atomic mass is 16.2. The minimum absolute atomic E-state index is 0.0635. The summed E-state index contributed by atoms with van der Waals surface area (Å²) in [6, 6.07) is 6.03. The van der Waals surface area contributed by atoms with E-state index >= 15 is 0 Å². The highest BCUT2D eigenvalue weighted by Gasteiger charge is 2.32. The van der Waals surface area contributed by atoms with Gasteiger partial charge in [-0.3, -0.25) is 4.79 Å². The van der Waals surface area contributed by atoms with Crippen molar-refractivity contribution >= 4 is 11.6 Å². The van der Waals surface area contributed by atoms with E-state index in [9.17, 15) is 4.79 Å². The lowest BCUT2D eigenvalue weighted by atomic mass is 9.92. The average molecular weight is 257 g/mol. The number of imidazole rings is 1. The van der Waals surface area contributed by atoms with E-state index in [-0.39, 0.29) is 11.9 Å². The van der Waals surface area contributed by atoms with E-state index < -0.39 is 0 Å². The average Bonchev–Trinajstić information content (AvgIpc) is 2.92. The summed E-state index contributed by atoms with van der Waals surface area (Å²) in [7, 11) is 0. The van der Waals surface area contributed by atoms with Gasteiger partial charge in [0.25, 0.3) is 5.91 Å². The second-order valence-electron chi connectivity index (χ2n) is 6.17. The predicted molar refractivity (Wildman–Crippen MR) is 74.1 cm³/mol. The Bertz CT molecular complexity index is 582. The molecule has 1 amide bonds. The van der Waals surface area contributed by atoms with Crippen molar-refractivity contribution in [2.75, 3.05) is 0 Å². The van der Waals surface area contributed by atoms with E-state index in [2.05, 4.69) is 24.1 Å². The van der Waals surface area contributed by atoms with Gasteiger partial charge in [-0.15, -0.1) is 0 Å². The van der Waals surface area contributed by atoms with Crippen molar-refractivity contribution in [1.29, 1.82) is 0 Å². The quantitative estimate of drug-likeness (QED) is 0.899. The van der Waals surface area contributed by atoms with Crippen LogP contribution in [0.1, 0.15) is 43.6 Å². The third-order valence-electron chi connectivity index (χ3n) is 3.90. The van der Waals surface area contributed by atoms with E-state index in [4.69, 9.17) is 0 Å². The molecule has 0 bridgehead atoms. The number of nitrogens with one attached hydrogen (secondary N) is 1. The third kappa shape index (κ3) is 2.48. The highest BCUT2D eigenvalue weighted by Crippen LogP contribution is 2.36. The predicted octanol–water partition coefficient (Wildman–Crippen LogP) is 2.64. The van der Waals surface area contributed by atoms with E-state index in [1.54, 1.807) is 6.20 Å². The summed E-state index contributed by atoms with van der Waals surface area (Å²) in [6.07, 6.45) is 6.96. The Balaban J connectivity index is 1.74.